The van der Waals surface area contributed by atoms with Gasteiger partial charge in [0, 0.05) is 34.9 Å². The maximum atomic E-state index is 5.17. The van der Waals surface area contributed by atoms with E-state index in [1.807, 2.05) is 30.7 Å². The molecule has 0 saturated heterocycles. The van der Waals surface area contributed by atoms with Crippen molar-refractivity contribution >= 4 is 21.8 Å². The summed E-state index contributed by atoms with van der Waals surface area (Å²) >= 11 is 0. The van der Waals surface area contributed by atoms with Gasteiger partial charge in [-0.25, -0.2) is 4.98 Å². The lowest BCUT2D eigenvalue weighted by molar-refractivity contribution is 0.763. The van der Waals surface area contributed by atoms with Crippen LogP contribution in [0.2, 0.25) is 0 Å². The molecule has 0 amide bonds. The van der Waals surface area contributed by atoms with Gasteiger partial charge in [-0.1, -0.05) is 97.1 Å². The van der Waals surface area contributed by atoms with Crippen molar-refractivity contribution in [2.24, 2.45) is 0 Å². The number of nitrogens with zero attached hydrogens (tertiary/aromatic N) is 3. The van der Waals surface area contributed by atoms with Crippen molar-refractivity contribution in [1.82, 2.24) is 15.0 Å². The normalized spacial score (nSPS) is 15.8. The first-order chi connectivity index (χ1) is 19.3. The van der Waals surface area contributed by atoms with Crippen LogP contribution in [0, 0.1) is 0 Å². The average Bonchev–Trinajstić information content (AvgIpc) is 3.32. The molecule has 0 spiro atoms. The number of rotatable bonds is 3. The number of fused-ring (bicyclic) bond motifs is 6. The van der Waals surface area contributed by atoms with Crippen molar-refractivity contribution in [3.05, 3.63) is 162 Å². The average molecular weight is 498 g/mol. The Kier molecular flexibility index (Phi) is 4.74. The molecule has 0 N–H and O–H groups in total. The molecule has 1 atom stereocenters. The van der Waals surface area contributed by atoms with Crippen LogP contribution in [0.15, 0.2) is 140 Å². The topological polar surface area (TPSA) is 38.7 Å². The first-order valence-corrected chi connectivity index (χ1v) is 13.2. The van der Waals surface area contributed by atoms with Crippen LogP contribution in [-0.2, 0) is 5.41 Å². The largest absolute Gasteiger partial charge is 0.264 e. The predicted octanol–water partition coefficient (Wildman–Crippen LogP) is 8.21. The van der Waals surface area contributed by atoms with Gasteiger partial charge in [0.2, 0.25) is 0 Å². The standard InChI is InChI=1S/C36H23N3/c1-2-9-27(10-3-1)36(28-11-7-20-37-23-28)31-13-5-4-12-29(31)30-18-16-26(22-32(30)36)33-19-17-25-15-14-24-8-6-21-38-34(24)35(25)39-33/h1-23H. The molecule has 0 fully saturated rings. The highest BCUT2D eigenvalue weighted by atomic mass is 14.8. The molecule has 0 bridgehead atoms. The van der Waals surface area contributed by atoms with E-state index in [0.717, 1.165) is 38.6 Å². The zero-order valence-corrected chi connectivity index (χ0v) is 21.1. The van der Waals surface area contributed by atoms with E-state index in [2.05, 4.69) is 119 Å². The Morgan fingerprint density at radius 3 is 2.13 bits per heavy atom. The van der Waals surface area contributed by atoms with Gasteiger partial charge in [-0.05, 0) is 57.6 Å². The Morgan fingerprint density at radius 1 is 0.513 bits per heavy atom. The molecule has 1 aliphatic rings. The summed E-state index contributed by atoms with van der Waals surface area (Å²) in [6.45, 7) is 0. The first kappa shape index (κ1) is 21.9. The van der Waals surface area contributed by atoms with Gasteiger partial charge in [0.1, 0.15) is 0 Å². The monoisotopic (exact) mass is 497 g/mol. The fourth-order valence-corrected chi connectivity index (χ4v) is 6.38. The van der Waals surface area contributed by atoms with Gasteiger partial charge in [0.25, 0.3) is 0 Å². The molecule has 3 heterocycles. The number of benzene rings is 4. The van der Waals surface area contributed by atoms with E-state index >= 15 is 0 Å². The molecule has 3 heteroatoms. The second kappa shape index (κ2) is 8.44. The van der Waals surface area contributed by atoms with Gasteiger partial charge in [0.05, 0.1) is 22.1 Å². The quantitative estimate of drug-likeness (QED) is 0.231. The van der Waals surface area contributed by atoms with Crippen molar-refractivity contribution in [3.8, 4) is 22.4 Å². The molecule has 7 aromatic rings. The lowest BCUT2D eigenvalue weighted by Crippen LogP contribution is -2.28. The molecule has 1 unspecified atom stereocenters. The second-order valence-corrected chi connectivity index (χ2v) is 10.1. The molecule has 3 aromatic heterocycles. The van der Waals surface area contributed by atoms with E-state index in [4.69, 9.17) is 4.98 Å². The minimum atomic E-state index is -0.484. The number of hydrogen-bond acceptors (Lipinski definition) is 3. The molecule has 1 aliphatic carbocycles. The molecule has 8 rings (SSSR count). The summed E-state index contributed by atoms with van der Waals surface area (Å²) in [6.07, 6.45) is 5.69. The van der Waals surface area contributed by atoms with Crippen molar-refractivity contribution in [2.75, 3.05) is 0 Å². The summed E-state index contributed by atoms with van der Waals surface area (Å²) in [5.41, 5.74) is 10.8. The zero-order chi connectivity index (χ0) is 25.8. The Hall–Kier alpha value is -5.15. The third kappa shape index (κ3) is 3.14. The van der Waals surface area contributed by atoms with E-state index < -0.39 is 5.41 Å². The van der Waals surface area contributed by atoms with E-state index in [1.54, 1.807) is 0 Å². The molecule has 0 radical (unpaired) electrons. The summed E-state index contributed by atoms with van der Waals surface area (Å²) in [6, 6.07) is 43.2. The van der Waals surface area contributed by atoms with Crippen LogP contribution in [0.25, 0.3) is 44.2 Å². The molecule has 3 nitrogen and oxygen atoms in total. The van der Waals surface area contributed by atoms with Gasteiger partial charge in [-0.2, -0.15) is 0 Å². The Morgan fingerprint density at radius 2 is 1.26 bits per heavy atom. The SMILES string of the molecule is c1ccc(C2(c3cccnc3)c3ccccc3-c3ccc(-c4ccc5ccc6cccnc6c5n4)cc32)cc1. The maximum absolute atomic E-state index is 5.17. The fraction of sp³-hybridized carbons (Fsp3) is 0.0278. The Bertz CT molecular complexity index is 1970. The van der Waals surface area contributed by atoms with E-state index in [1.165, 1.54) is 27.8 Å². The lowest BCUT2D eigenvalue weighted by atomic mass is 9.68. The van der Waals surface area contributed by atoms with Gasteiger partial charge >= 0.3 is 0 Å². The second-order valence-electron chi connectivity index (χ2n) is 10.1. The van der Waals surface area contributed by atoms with Crippen LogP contribution >= 0.6 is 0 Å². The highest BCUT2D eigenvalue weighted by molar-refractivity contribution is 6.03. The van der Waals surface area contributed by atoms with Crippen molar-refractivity contribution in [2.45, 2.75) is 5.41 Å². The van der Waals surface area contributed by atoms with Gasteiger partial charge in [-0.15, -0.1) is 0 Å². The summed E-state index contributed by atoms with van der Waals surface area (Å²) in [4.78, 5) is 14.4. The van der Waals surface area contributed by atoms with Crippen molar-refractivity contribution in [1.29, 1.82) is 0 Å². The van der Waals surface area contributed by atoms with Gasteiger partial charge in [0.15, 0.2) is 0 Å². The molecular formula is C36H23N3. The minimum absolute atomic E-state index is 0.484. The van der Waals surface area contributed by atoms with E-state index in [-0.39, 0.29) is 0 Å². The highest BCUT2D eigenvalue weighted by Crippen LogP contribution is 2.56. The molecule has 0 saturated carbocycles. The summed E-state index contributed by atoms with van der Waals surface area (Å²) in [7, 11) is 0. The lowest BCUT2D eigenvalue weighted by Gasteiger charge is -2.33. The molecular weight excluding hydrogens is 474 g/mol. The van der Waals surface area contributed by atoms with Crippen LogP contribution in [0.3, 0.4) is 0 Å². The van der Waals surface area contributed by atoms with Crippen LogP contribution in [0.1, 0.15) is 22.3 Å². The third-order valence-electron chi connectivity index (χ3n) is 8.07. The van der Waals surface area contributed by atoms with Crippen LogP contribution in [0.5, 0.6) is 0 Å². The third-order valence-corrected chi connectivity index (χ3v) is 8.07. The van der Waals surface area contributed by atoms with Crippen LogP contribution in [-0.4, -0.2) is 15.0 Å². The number of aromatic nitrogens is 3. The highest BCUT2D eigenvalue weighted by Gasteiger charge is 2.46. The summed E-state index contributed by atoms with van der Waals surface area (Å²) in [5, 5.41) is 2.19. The zero-order valence-electron chi connectivity index (χ0n) is 21.1. The predicted molar refractivity (Wildman–Crippen MR) is 158 cm³/mol. The number of pyridine rings is 3. The smallest absolute Gasteiger partial charge is 0.0972 e. The maximum Gasteiger partial charge on any atom is 0.0972 e. The molecule has 4 aromatic carbocycles. The minimum Gasteiger partial charge on any atom is -0.264 e. The van der Waals surface area contributed by atoms with Crippen molar-refractivity contribution < 1.29 is 0 Å². The Labute approximate surface area is 226 Å². The Balaban J connectivity index is 1.43. The van der Waals surface area contributed by atoms with Crippen molar-refractivity contribution in [3.63, 3.8) is 0 Å². The van der Waals surface area contributed by atoms with E-state index in [0.29, 0.717) is 0 Å². The van der Waals surface area contributed by atoms with Gasteiger partial charge < -0.3 is 0 Å². The van der Waals surface area contributed by atoms with Crippen LogP contribution < -0.4 is 0 Å². The summed E-state index contributed by atoms with van der Waals surface area (Å²) < 4.78 is 0. The fourth-order valence-electron chi connectivity index (χ4n) is 6.38. The van der Waals surface area contributed by atoms with Crippen LogP contribution in [0.4, 0.5) is 0 Å². The van der Waals surface area contributed by atoms with E-state index in [9.17, 15) is 0 Å². The summed E-state index contributed by atoms with van der Waals surface area (Å²) in [5.74, 6) is 0. The molecule has 39 heavy (non-hydrogen) atoms. The molecule has 0 aliphatic heterocycles. The van der Waals surface area contributed by atoms with Gasteiger partial charge in [-0.3, -0.25) is 9.97 Å². The first-order valence-electron chi connectivity index (χ1n) is 13.2. The number of hydrogen-bond donors (Lipinski definition) is 0. The molecule has 182 valence electrons.